The molecule has 1 aromatic rings. The molecule has 0 N–H and O–H groups in total. The number of hydrogen-bond acceptors (Lipinski definition) is 1. The van der Waals surface area contributed by atoms with Gasteiger partial charge in [-0.1, -0.05) is 40.9 Å². The summed E-state index contributed by atoms with van der Waals surface area (Å²) in [5.41, 5.74) is 4.15. The van der Waals surface area contributed by atoms with Crippen LogP contribution in [-0.2, 0) is 4.79 Å². The Hall–Kier alpha value is -0.440. The summed E-state index contributed by atoms with van der Waals surface area (Å²) in [6.45, 7) is 7.96. The highest BCUT2D eigenvalue weighted by Gasteiger charge is 2.56. The molecule has 0 saturated carbocycles. The van der Waals surface area contributed by atoms with Crippen LogP contribution in [-0.4, -0.2) is 22.2 Å². The van der Waals surface area contributed by atoms with Crippen molar-refractivity contribution in [1.82, 2.24) is 0 Å². The summed E-state index contributed by atoms with van der Waals surface area (Å²) < 4.78 is -1.45. The van der Waals surface area contributed by atoms with Crippen molar-refractivity contribution in [3.63, 3.8) is 0 Å². The number of amides is 1. The molecule has 5 heteroatoms. The molecule has 1 fully saturated rings. The number of alkyl halides is 3. The average molecular weight is 335 g/mol. The van der Waals surface area contributed by atoms with E-state index in [9.17, 15) is 4.79 Å². The van der Waals surface area contributed by atoms with E-state index in [1.807, 2.05) is 27.7 Å². The summed E-state index contributed by atoms with van der Waals surface area (Å²) in [5, 5.41) is 0. The smallest absolute Gasteiger partial charge is 0.264 e. The van der Waals surface area contributed by atoms with Crippen LogP contribution in [0, 0.1) is 26.7 Å². The molecule has 0 aromatic heterocycles. The summed E-state index contributed by atoms with van der Waals surface area (Å²) >= 11 is 18.5. The summed E-state index contributed by atoms with van der Waals surface area (Å²) in [5.74, 6) is -0.325. The monoisotopic (exact) mass is 333 g/mol. The van der Waals surface area contributed by atoms with E-state index in [0.717, 1.165) is 16.8 Å². The van der Waals surface area contributed by atoms with Crippen LogP contribution >= 0.6 is 34.8 Å². The molecule has 20 heavy (non-hydrogen) atoms. The van der Waals surface area contributed by atoms with Crippen molar-refractivity contribution >= 4 is 46.4 Å². The number of benzene rings is 1. The average Bonchev–Trinajstić information content (AvgIpc) is 2.47. The number of halogens is 3. The predicted octanol–water partition coefficient (Wildman–Crippen LogP) is 4.38. The van der Waals surface area contributed by atoms with E-state index in [2.05, 4.69) is 12.1 Å². The molecule has 1 aromatic carbocycles. The molecule has 110 valence electrons. The van der Waals surface area contributed by atoms with E-state index >= 15 is 0 Å². The molecule has 0 bridgehead atoms. The van der Waals surface area contributed by atoms with Gasteiger partial charge in [-0.05, 0) is 38.8 Å². The zero-order valence-corrected chi connectivity index (χ0v) is 14.3. The minimum atomic E-state index is -1.45. The molecule has 1 amide bonds. The highest BCUT2D eigenvalue weighted by atomic mass is 35.5. The zero-order chi connectivity index (χ0) is 15.2. The second-order valence-electron chi connectivity index (χ2n) is 5.55. The van der Waals surface area contributed by atoms with Crippen LogP contribution in [0.3, 0.4) is 0 Å². The lowest BCUT2D eigenvalue weighted by Gasteiger charge is -2.27. The summed E-state index contributed by atoms with van der Waals surface area (Å²) in [7, 11) is 0. The van der Waals surface area contributed by atoms with Gasteiger partial charge in [0, 0.05) is 23.5 Å². The first-order chi connectivity index (χ1) is 9.21. The van der Waals surface area contributed by atoms with Crippen LogP contribution in [0.15, 0.2) is 12.1 Å². The van der Waals surface area contributed by atoms with E-state index in [1.165, 1.54) is 5.56 Å². The van der Waals surface area contributed by atoms with E-state index < -0.39 is 4.33 Å². The zero-order valence-electron chi connectivity index (χ0n) is 12.0. The highest BCUT2D eigenvalue weighted by molar-refractivity contribution is 6.60. The number of anilines is 1. The predicted molar refractivity (Wildman–Crippen MR) is 86.2 cm³/mol. The molecule has 0 radical (unpaired) electrons. The third kappa shape index (κ3) is 2.32. The first-order valence-electron chi connectivity index (χ1n) is 6.57. The van der Waals surface area contributed by atoms with Gasteiger partial charge in [0.05, 0.1) is 0 Å². The van der Waals surface area contributed by atoms with Crippen LogP contribution in [0.5, 0.6) is 0 Å². The van der Waals surface area contributed by atoms with E-state index in [-0.39, 0.29) is 23.7 Å². The fraction of sp³-hybridized carbons (Fsp3) is 0.533. The molecule has 2 atom stereocenters. The Morgan fingerprint density at radius 3 is 2.10 bits per heavy atom. The van der Waals surface area contributed by atoms with Crippen LogP contribution in [0.2, 0.25) is 0 Å². The number of carbonyl (C=O) groups excluding carboxylic acids is 1. The van der Waals surface area contributed by atoms with Gasteiger partial charge < -0.3 is 4.90 Å². The van der Waals surface area contributed by atoms with Crippen LogP contribution in [0.4, 0.5) is 5.69 Å². The van der Waals surface area contributed by atoms with Gasteiger partial charge in [-0.15, -0.1) is 11.6 Å². The van der Waals surface area contributed by atoms with Gasteiger partial charge in [0.15, 0.2) is 0 Å². The minimum absolute atomic E-state index is 0.130. The fourth-order valence-electron chi connectivity index (χ4n) is 3.07. The van der Waals surface area contributed by atoms with Gasteiger partial charge in [-0.3, -0.25) is 4.79 Å². The van der Waals surface area contributed by atoms with Crippen molar-refractivity contribution in [3.05, 3.63) is 28.8 Å². The molecule has 1 heterocycles. The summed E-state index contributed by atoms with van der Waals surface area (Å²) in [6, 6.07) is 3.98. The Morgan fingerprint density at radius 1 is 1.20 bits per heavy atom. The molecule has 2 rings (SSSR count). The molecule has 0 aliphatic carbocycles. The lowest BCUT2D eigenvalue weighted by molar-refractivity contribution is -0.118. The van der Waals surface area contributed by atoms with Gasteiger partial charge in [0.1, 0.15) is 0 Å². The second kappa shape index (κ2) is 5.40. The first kappa shape index (κ1) is 15.9. The van der Waals surface area contributed by atoms with Crippen LogP contribution in [0.25, 0.3) is 0 Å². The number of aryl methyl sites for hydroxylation is 3. The summed E-state index contributed by atoms with van der Waals surface area (Å²) in [4.78, 5) is 14.3. The standard InChI is InChI=1S/C15H18Cl3NO/c1-8-5-9(2)13(10(3)6-8)19-11(4)12(7-16)15(17,18)14(19)20/h5-6,11-12H,7H2,1-4H3/t11-,12-/m1/s1. The lowest BCUT2D eigenvalue weighted by Crippen LogP contribution is -2.35. The Labute approximate surface area is 135 Å². The molecular formula is C15H18Cl3NO. The molecular weight excluding hydrogens is 317 g/mol. The molecule has 1 aliphatic rings. The fourth-order valence-corrected chi connectivity index (χ4v) is 4.42. The van der Waals surface area contributed by atoms with Gasteiger partial charge in [0.25, 0.3) is 5.91 Å². The van der Waals surface area contributed by atoms with Gasteiger partial charge in [0.2, 0.25) is 4.33 Å². The van der Waals surface area contributed by atoms with Crippen LogP contribution < -0.4 is 4.90 Å². The van der Waals surface area contributed by atoms with Gasteiger partial charge in [-0.25, -0.2) is 0 Å². The topological polar surface area (TPSA) is 20.3 Å². The van der Waals surface area contributed by atoms with E-state index in [1.54, 1.807) is 4.90 Å². The highest BCUT2D eigenvalue weighted by Crippen LogP contribution is 2.46. The largest absolute Gasteiger partial charge is 0.306 e. The quantitative estimate of drug-likeness (QED) is 0.735. The Bertz CT molecular complexity index is 533. The number of carbonyl (C=O) groups is 1. The molecule has 0 unspecified atom stereocenters. The van der Waals surface area contributed by atoms with E-state index in [4.69, 9.17) is 34.8 Å². The van der Waals surface area contributed by atoms with Crippen molar-refractivity contribution in [2.75, 3.05) is 10.8 Å². The van der Waals surface area contributed by atoms with Crippen molar-refractivity contribution < 1.29 is 4.79 Å². The first-order valence-corrected chi connectivity index (χ1v) is 7.86. The van der Waals surface area contributed by atoms with Crippen LogP contribution in [0.1, 0.15) is 23.6 Å². The Morgan fingerprint density at radius 2 is 1.70 bits per heavy atom. The molecule has 1 aliphatic heterocycles. The number of nitrogens with zero attached hydrogens (tertiary/aromatic N) is 1. The third-order valence-corrected chi connectivity index (χ3v) is 5.22. The SMILES string of the molecule is Cc1cc(C)c(N2C(=O)C(Cl)(Cl)[C@H](CCl)[C@H]2C)c(C)c1. The van der Waals surface area contributed by atoms with Gasteiger partial charge in [-0.2, -0.15) is 0 Å². The third-order valence-electron chi connectivity index (χ3n) is 4.00. The maximum absolute atomic E-state index is 12.6. The minimum Gasteiger partial charge on any atom is -0.306 e. The second-order valence-corrected chi connectivity index (χ2v) is 7.24. The Balaban J connectivity index is 2.57. The lowest BCUT2D eigenvalue weighted by atomic mass is 10.0. The molecule has 0 spiro atoms. The van der Waals surface area contributed by atoms with Crippen molar-refractivity contribution in [3.8, 4) is 0 Å². The normalized spacial score (nSPS) is 25.4. The summed E-state index contributed by atoms with van der Waals surface area (Å²) in [6.07, 6.45) is 0. The van der Waals surface area contributed by atoms with Gasteiger partial charge >= 0.3 is 0 Å². The number of rotatable bonds is 2. The van der Waals surface area contributed by atoms with Crippen molar-refractivity contribution in [2.45, 2.75) is 38.1 Å². The number of hydrogen-bond donors (Lipinski definition) is 0. The van der Waals surface area contributed by atoms with E-state index in [0.29, 0.717) is 0 Å². The molecule has 1 saturated heterocycles. The maximum atomic E-state index is 12.6. The van der Waals surface area contributed by atoms with Crippen molar-refractivity contribution in [2.24, 2.45) is 5.92 Å². The maximum Gasteiger partial charge on any atom is 0.264 e. The Kier molecular flexibility index (Phi) is 4.30. The molecule has 2 nitrogen and oxygen atoms in total. The van der Waals surface area contributed by atoms with Crippen molar-refractivity contribution in [1.29, 1.82) is 0 Å².